The first kappa shape index (κ1) is 23.6. The van der Waals surface area contributed by atoms with E-state index < -0.39 is 11.5 Å². The maximum Gasteiger partial charge on any atom is 0.229 e. The van der Waals surface area contributed by atoms with Crippen LogP contribution < -0.4 is 14.8 Å². The minimum atomic E-state index is -1.10. The quantitative estimate of drug-likeness (QED) is 0.460. The molecule has 0 saturated carbocycles. The molecular weight excluding hydrogens is 426 g/mol. The SMILES string of the molecule is COc1c(OCc2ccccc2)cccc1C(O)c1cc(Cl)ccc1NC(=O)C(C)(C)C. The second-order valence-electron chi connectivity index (χ2n) is 8.49. The third-order valence-corrected chi connectivity index (χ3v) is 5.22. The van der Waals surface area contributed by atoms with Gasteiger partial charge in [0.15, 0.2) is 11.5 Å². The lowest BCUT2D eigenvalue weighted by molar-refractivity contribution is -0.123. The lowest BCUT2D eigenvalue weighted by atomic mass is 9.94. The summed E-state index contributed by atoms with van der Waals surface area (Å²) in [6, 6.07) is 20.1. The van der Waals surface area contributed by atoms with E-state index in [9.17, 15) is 9.90 Å². The summed E-state index contributed by atoms with van der Waals surface area (Å²) in [7, 11) is 1.53. The topological polar surface area (TPSA) is 67.8 Å². The largest absolute Gasteiger partial charge is 0.492 e. The minimum absolute atomic E-state index is 0.166. The van der Waals surface area contributed by atoms with Gasteiger partial charge >= 0.3 is 0 Å². The Morgan fingerprint density at radius 2 is 1.75 bits per heavy atom. The molecule has 2 N–H and O–H groups in total. The van der Waals surface area contributed by atoms with Crippen LogP contribution >= 0.6 is 11.6 Å². The number of rotatable bonds is 7. The van der Waals surface area contributed by atoms with E-state index in [0.29, 0.717) is 39.9 Å². The minimum Gasteiger partial charge on any atom is -0.492 e. The van der Waals surface area contributed by atoms with Crippen molar-refractivity contribution in [2.75, 3.05) is 12.4 Å². The molecule has 0 radical (unpaired) electrons. The highest BCUT2D eigenvalue weighted by Gasteiger charge is 2.26. The van der Waals surface area contributed by atoms with Gasteiger partial charge in [-0.05, 0) is 29.8 Å². The molecule has 0 heterocycles. The van der Waals surface area contributed by atoms with Crippen molar-refractivity contribution in [2.45, 2.75) is 33.5 Å². The summed E-state index contributed by atoms with van der Waals surface area (Å²) in [4.78, 5) is 12.6. The van der Waals surface area contributed by atoms with Crippen molar-refractivity contribution in [1.29, 1.82) is 0 Å². The average Bonchev–Trinajstić information content (AvgIpc) is 2.78. The van der Waals surface area contributed by atoms with Crippen LogP contribution in [0.1, 0.15) is 43.6 Å². The summed E-state index contributed by atoms with van der Waals surface area (Å²) in [6.07, 6.45) is -1.10. The number of amides is 1. The normalized spacial score (nSPS) is 12.2. The second kappa shape index (κ2) is 10.1. The number of hydrogen-bond acceptors (Lipinski definition) is 4. The van der Waals surface area contributed by atoms with Gasteiger partial charge in [-0.1, -0.05) is 74.8 Å². The fraction of sp³-hybridized carbons (Fsp3) is 0.269. The van der Waals surface area contributed by atoms with Crippen LogP contribution in [-0.2, 0) is 11.4 Å². The number of ether oxygens (including phenoxy) is 2. The standard InChI is InChI=1S/C26H28ClNO4/c1-26(2,3)25(30)28-21-14-13-18(27)15-20(21)23(29)19-11-8-12-22(24(19)31-4)32-16-17-9-6-5-7-10-17/h5-15,23,29H,16H2,1-4H3,(H,28,30). The molecule has 3 aromatic carbocycles. The smallest absolute Gasteiger partial charge is 0.229 e. The maximum atomic E-state index is 12.6. The van der Waals surface area contributed by atoms with Gasteiger partial charge < -0.3 is 19.9 Å². The second-order valence-corrected chi connectivity index (χ2v) is 8.93. The molecule has 32 heavy (non-hydrogen) atoms. The zero-order chi connectivity index (χ0) is 23.3. The van der Waals surface area contributed by atoms with Crippen molar-refractivity contribution in [1.82, 2.24) is 0 Å². The molecule has 168 valence electrons. The van der Waals surface area contributed by atoms with Crippen LogP contribution in [-0.4, -0.2) is 18.1 Å². The molecule has 0 spiro atoms. The van der Waals surface area contributed by atoms with Crippen molar-refractivity contribution in [3.63, 3.8) is 0 Å². The summed E-state index contributed by atoms with van der Waals surface area (Å²) in [6.45, 7) is 5.83. The summed E-state index contributed by atoms with van der Waals surface area (Å²) in [5.74, 6) is 0.763. The van der Waals surface area contributed by atoms with E-state index in [0.717, 1.165) is 5.56 Å². The summed E-state index contributed by atoms with van der Waals surface area (Å²) in [5, 5.41) is 14.6. The highest BCUT2D eigenvalue weighted by molar-refractivity contribution is 6.30. The molecule has 1 unspecified atom stereocenters. The Morgan fingerprint density at radius 1 is 1.03 bits per heavy atom. The van der Waals surface area contributed by atoms with E-state index in [-0.39, 0.29) is 5.91 Å². The fourth-order valence-corrected chi connectivity index (χ4v) is 3.35. The molecule has 3 rings (SSSR count). The van der Waals surface area contributed by atoms with E-state index in [1.807, 2.05) is 51.1 Å². The number of hydrogen-bond donors (Lipinski definition) is 2. The molecule has 6 heteroatoms. The zero-order valence-corrected chi connectivity index (χ0v) is 19.4. The van der Waals surface area contributed by atoms with Crippen molar-refractivity contribution in [3.05, 3.63) is 88.4 Å². The first-order chi connectivity index (χ1) is 15.2. The van der Waals surface area contributed by atoms with Gasteiger partial charge in [0.05, 0.1) is 7.11 Å². The molecule has 0 saturated heterocycles. The van der Waals surface area contributed by atoms with Gasteiger partial charge in [0.25, 0.3) is 0 Å². The average molecular weight is 454 g/mol. The number of para-hydroxylation sites is 1. The van der Waals surface area contributed by atoms with Gasteiger partial charge in [-0.15, -0.1) is 0 Å². The van der Waals surface area contributed by atoms with Crippen molar-refractivity contribution in [2.24, 2.45) is 5.41 Å². The summed E-state index contributed by atoms with van der Waals surface area (Å²) >= 11 is 6.22. The van der Waals surface area contributed by atoms with Crippen LogP contribution in [0.4, 0.5) is 5.69 Å². The lowest BCUT2D eigenvalue weighted by Gasteiger charge is -2.23. The molecule has 3 aromatic rings. The van der Waals surface area contributed by atoms with Gasteiger partial charge in [0, 0.05) is 27.3 Å². The predicted octanol–water partition coefficient (Wildman–Crippen LogP) is 5.99. The van der Waals surface area contributed by atoms with Gasteiger partial charge in [-0.25, -0.2) is 0 Å². The van der Waals surface area contributed by atoms with Crippen molar-refractivity contribution in [3.8, 4) is 11.5 Å². The number of halogens is 1. The van der Waals surface area contributed by atoms with Gasteiger partial charge in [0.2, 0.25) is 5.91 Å². The Hall–Kier alpha value is -3.02. The van der Waals surface area contributed by atoms with E-state index in [1.54, 1.807) is 36.4 Å². The number of carbonyl (C=O) groups is 1. The van der Waals surface area contributed by atoms with Gasteiger partial charge in [0.1, 0.15) is 12.7 Å². The number of benzene rings is 3. The van der Waals surface area contributed by atoms with Crippen LogP contribution in [0.3, 0.4) is 0 Å². The first-order valence-electron chi connectivity index (χ1n) is 10.3. The highest BCUT2D eigenvalue weighted by Crippen LogP contribution is 2.40. The van der Waals surface area contributed by atoms with E-state index in [1.165, 1.54) is 7.11 Å². The van der Waals surface area contributed by atoms with E-state index in [4.69, 9.17) is 21.1 Å². The predicted molar refractivity (Wildman–Crippen MR) is 127 cm³/mol. The van der Waals surface area contributed by atoms with Crippen molar-refractivity contribution >= 4 is 23.2 Å². The maximum absolute atomic E-state index is 12.6. The zero-order valence-electron chi connectivity index (χ0n) is 18.7. The number of aliphatic hydroxyl groups is 1. The van der Waals surface area contributed by atoms with Gasteiger partial charge in [-0.3, -0.25) is 4.79 Å². The monoisotopic (exact) mass is 453 g/mol. The molecule has 0 aromatic heterocycles. The number of anilines is 1. The molecule has 1 atom stereocenters. The van der Waals surface area contributed by atoms with Crippen LogP contribution in [0.2, 0.25) is 5.02 Å². The summed E-state index contributed by atoms with van der Waals surface area (Å²) < 4.78 is 11.6. The number of methoxy groups -OCH3 is 1. The third-order valence-electron chi connectivity index (χ3n) is 4.98. The molecule has 5 nitrogen and oxygen atoms in total. The fourth-order valence-electron chi connectivity index (χ4n) is 3.17. The Labute approximate surface area is 194 Å². The third kappa shape index (κ3) is 5.61. The molecule has 0 aliphatic rings. The van der Waals surface area contributed by atoms with Crippen molar-refractivity contribution < 1.29 is 19.4 Å². The number of aliphatic hydroxyl groups excluding tert-OH is 1. The molecule has 1 amide bonds. The lowest BCUT2D eigenvalue weighted by Crippen LogP contribution is -2.28. The summed E-state index contributed by atoms with van der Waals surface area (Å²) in [5.41, 5.74) is 1.88. The Bertz CT molecular complexity index is 1080. The molecule has 0 aliphatic heterocycles. The van der Waals surface area contributed by atoms with E-state index >= 15 is 0 Å². The Kier molecular flexibility index (Phi) is 7.44. The van der Waals surface area contributed by atoms with Crippen LogP contribution in [0.25, 0.3) is 0 Å². The van der Waals surface area contributed by atoms with E-state index in [2.05, 4.69) is 5.32 Å². The highest BCUT2D eigenvalue weighted by atomic mass is 35.5. The van der Waals surface area contributed by atoms with Crippen LogP contribution in [0, 0.1) is 5.41 Å². The Morgan fingerprint density at radius 3 is 2.41 bits per heavy atom. The number of carbonyl (C=O) groups excluding carboxylic acids is 1. The molecular formula is C26H28ClNO4. The molecule has 0 fully saturated rings. The molecule has 0 aliphatic carbocycles. The Balaban J connectivity index is 1.94. The van der Waals surface area contributed by atoms with Crippen LogP contribution in [0.15, 0.2) is 66.7 Å². The van der Waals surface area contributed by atoms with Crippen LogP contribution in [0.5, 0.6) is 11.5 Å². The first-order valence-corrected chi connectivity index (χ1v) is 10.7. The molecule has 0 bridgehead atoms. The number of nitrogens with one attached hydrogen (secondary N) is 1. The van der Waals surface area contributed by atoms with Gasteiger partial charge in [-0.2, -0.15) is 0 Å².